The van der Waals surface area contributed by atoms with Crippen molar-refractivity contribution in [1.29, 1.82) is 0 Å². The highest BCUT2D eigenvalue weighted by Crippen LogP contribution is 2.48. The zero-order chi connectivity index (χ0) is 20.9. The number of carbonyl (C=O) groups is 1. The van der Waals surface area contributed by atoms with Crippen LogP contribution in [0.1, 0.15) is 73.8 Å². The number of ether oxygens (including phenoxy) is 2. The van der Waals surface area contributed by atoms with Crippen LogP contribution in [0, 0.1) is 5.41 Å². The van der Waals surface area contributed by atoms with Crippen molar-refractivity contribution in [3.8, 4) is 11.5 Å². The van der Waals surface area contributed by atoms with Crippen LogP contribution in [0.3, 0.4) is 0 Å². The van der Waals surface area contributed by atoms with Crippen LogP contribution < -0.4 is 9.47 Å². The highest BCUT2D eigenvalue weighted by molar-refractivity contribution is 5.75. The number of carboxylic acid groups (broad SMARTS) is 1. The SMILES string of the molecule is CC1(C)CCC=C1c1cccc2c1CCC2Oc1ccc2c(c1)OCC2CC(=O)O. The first-order valence-electron chi connectivity index (χ1n) is 10.9. The maximum absolute atomic E-state index is 11.1. The molecule has 30 heavy (non-hydrogen) atoms. The molecule has 3 aliphatic rings. The van der Waals surface area contributed by atoms with Gasteiger partial charge in [-0.1, -0.05) is 44.2 Å². The van der Waals surface area contributed by atoms with Crippen LogP contribution in [-0.2, 0) is 11.2 Å². The third kappa shape index (κ3) is 3.28. The van der Waals surface area contributed by atoms with Crippen LogP contribution in [-0.4, -0.2) is 17.7 Å². The molecule has 2 aromatic rings. The zero-order valence-corrected chi connectivity index (χ0v) is 17.6. The van der Waals surface area contributed by atoms with E-state index < -0.39 is 5.97 Å². The summed E-state index contributed by atoms with van der Waals surface area (Å²) >= 11 is 0. The van der Waals surface area contributed by atoms with Crippen molar-refractivity contribution < 1.29 is 19.4 Å². The van der Waals surface area contributed by atoms with Gasteiger partial charge in [-0.25, -0.2) is 0 Å². The standard InChI is InChI=1S/C26H28O4/c1-26(2)12-4-7-22(26)20-5-3-6-21-19(20)10-11-23(21)30-17-8-9-18-16(13-25(27)28)15-29-24(18)14-17/h3,5-9,14,16,23H,4,10-13,15H2,1-2H3,(H,27,28). The van der Waals surface area contributed by atoms with E-state index in [1.54, 1.807) is 0 Å². The van der Waals surface area contributed by atoms with E-state index in [0.717, 1.165) is 36.3 Å². The van der Waals surface area contributed by atoms with E-state index >= 15 is 0 Å². The Morgan fingerprint density at radius 2 is 2.10 bits per heavy atom. The second-order valence-electron chi connectivity index (χ2n) is 9.36. The molecule has 2 aromatic carbocycles. The molecular weight excluding hydrogens is 376 g/mol. The summed E-state index contributed by atoms with van der Waals surface area (Å²) in [5.41, 5.74) is 6.81. The van der Waals surface area contributed by atoms with Crippen molar-refractivity contribution in [3.63, 3.8) is 0 Å². The molecule has 5 rings (SSSR count). The Hall–Kier alpha value is -2.75. The molecule has 0 spiro atoms. The fourth-order valence-electron chi connectivity index (χ4n) is 5.33. The van der Waals surface area contributed by atoms with Gasteiger partial charge in [-0.2, -0.15) is 0 Å². The Balaban J connectivity index is 1.38. The molecule has 4 heteroatoms. The largest absolute Gasteiger partial charge is 0.492 e. The average molecular weight is 405 g/mol. The van der Waals surface area contributed by atoms with Crippen molar-refractivity contribution in [2.45, 2.75) is 58.0 Å². The highest BCUT2D eigenvalue weighted by Gasteiger charge is 2.33. The topological polar surface area (TPSA) is 55.8 Å². The molecule has 0 fully saturated rings. The first-order valence-corrected chi connectivity index (χ1v) is 10.9. The lowest BCUT2D eigenvalue weighted by Crippen LogP contribution is -2.10. The molecule has 0 radical (unpaired) electrons. The minimum absolute atomic E-state index is 0.0411. The third-order valence-corrected chi connectivity index (χ3v) is 6.92. The van der Waals surface area contributed by atoms with Crippen molar-refractivity contribution >= 4 is 11.5 Å². The molecule has 1 aliphatic heterocycles. The van der Waals surface area contributed by atoms with E-state index in [1.807, 2.05) is 18.2 Å². The summed E-state index contributed by atoms with van der Waals surface area (Å²) in [7, 11) is 0. The first-order chi connectivity index (χ1) is 14.4. The molecule has 0 saturated carbocycles. The van der Waals surface area contributed by atoms with Crippen molar-refractivity contribution in [3.05, 3.63) is 64.7 Å². The van der Waals surface area contributed by atoms with Gasteiger partial charge in [0.15, 0.2) is 0 Å². The number of fused-ring (bicyclic) bond motifs is 2. The Labute approximate surface area is 177 Å². The molecule has 0 amide bonds. The maximum atomic E-state index is 11.1. The lowest BCUT2D eigenvalue weighted by molar-refractivity contribution is -0.137. The summed E-state index contributed by atoms with van der Waals surface area (Å²) in [6.07, 6.45) is 6.92. The van der Waals surface area contributed by atoms with Crippen LogP contribution in [0.2, 0.25) is 0 Å². The summed E-state index contributed by atoms with van der Waals surface area (Å²) in [6, 6.07) is 12.5. The quantitative estimate of drug-likeness (QED) is 0.673. The monoisotopic (exact) mass is 404 g/mol. The minimum atomic E-state index is -0.796. The van der Waals surface area contributed by atoms with Crippen molar-refractivity contribution in [1.82, 2.24) is 0 Å². The molecule has 156 valence electrons. The molecular formula is C26H28O4. The Morgan fingerprint density at radius 1 is 1.23 bits per heavy atom. The van der Waals surface area contributed by atoms with Gasteiger partial charge in [0.2, 0.25) is 0 Å². The summed E-state index contributed by atoms with van der Waals surface area (Å²) in [6.45, 7) is 5.11. The van der Waals surface area contributed by atoms with Gasteiger partial charge in [0.1, 0.15) is 17.6 Å². The number of hydrogen-bond acceptors (Lipinski definition) is 3. The van der Waals surface area contributed by atoms with Gasteiger partial charge in [0.25, 0.3) is 0 Å². The van der Waals surface area contributed by atoms with Gasteiger partial charge in [0, 0.05) is 17.5 Å². The minimum Gasteiger partial charge on any atom is -0.492 e. The molecule has 4 nitrogen and oxygen atoms in total. The van der Waals surface area contributed by atoms with E-state index in [9.17, 15) is 4.79 Å². The number of carboxylic acids is 1. The van der Waals surface area contributed by atoms with E-state index in [1.165, 1.54) is 28.7 Å². The molecule has 0 bridgehead atoms. The maximum Gasteiger partial charge on any atom is 0.304 e. The van der Waals surface area contributed by atoms with Crippen LogP contribution in [0.4, 0.5) is 0 Å². The van der Waals surface area contributed by atoms with Gasteiger partial charge >= 0.3 is 5.97 Å². The first kappa shape index (κ1) is 19.2. The van der Waals surface area contributed by atoms with Gasteiger partial charge in [0.05, 0.1) is 13.0 Å². The third-order valence-electron chi connectivity index (χ3n) is 6.92. The number of aliphatic carboxylic acids is 1. The lowest BCUT2D eigenvalue weighted by Gasteiger charge is -2.25. The van der Waals surface area contributed by atoms with Crippen molar-refractivity contribution in [2.24, 2.45) is 5.41 Å². The molecule has 1 N–H and O–H groups in total. The van der Waals surface area contributed by atoms with E-state index in [0.29, 0.717) is 6.61 Å². The fraction of sp³-hybridized carbons (Fsp3) is 0.423. The number of benzene rings is 2. The van der Waals surface area contributed by atoms with E-state index in [4.69, 9.17) is 14.6 Å². The molecule has 2 atom stereocenters. The van der Waals surface area contributed by atoms with Gasteiger partial charge in [-0.15, -0.1) is 0 Å². The predicted molar refractivity (Wildman–Crippen MR) is 116 cm³/mol. The average Bonchev–Trinajstić information content (AvgIpc) is 3.39. The van der Waals surface area contributed by atoms with Crippen molar-refractivity contribution in [2.75, 3.05) is 6.61 Å². The summed E-state index contributed by atoms with van der Waals surface area (Å²) in [4.78, 5) is 11.1. The summed E-state index contributed by atoms with van der Waals surface area (Å²) < 4.78 is 12.1. The Kier molecular flexibility index (Phi) is 4.61. The number of hydrogen-bond donors (Lipinski definition) is 1. The summed E-state index contributed by atoms with van der Waals surface area (Å²) in [5, 5.41) is 9.09. The van der Waals surface area contributed by atoms with Gasteiger partial charge in [-0.05, 0) is 59.4 Å². The normalized spacial score (nSPS) is 23.5. The lowest BCUT2D eigenvalue weighted by atomic mass is 9.80. The van der Waals surface area contributed by atoms with Gasteiger partial charge < -0.3 is 14.6 Å². The van der Waals surface area contributed by atoms with Crippen LogP contribution in [0.25, 0.3) is 5.57 Å². The van der Waals surface area contributed by atoms with Crippen LogP contribution in [0.5, 0.6) is 11.5 Å². The second kappa shape index (κ2) is 7.19. The second-order valence-corrected chi connectivity index (χ2v) is 9.36. The summed E-state index contributed by atoms with van der Waals surface area (Å²) in [5.74, 6) is 0.664. The van der Waals surface area contributed by atoms with E-state index in [-0.39, 0.29) is 23.9 Å². The molecule has 2 aliphatic carbocycles. The number of allylic oxidation sites excluding steroid dienone is 2. The highest BCUT2D eigenvalue weighted by atomic mass is 16.5. The molecule has 0 saturated heterocycles. The molecule has 0 aromatic heterocycles. The number of rotatable bonds is 5. The van der Waals surface area contributed by atoms with Gasteiger partial charge in [-0.3, -0.25) is 4.79 Å². The molecule has 2 unspecified atom stereocenters. The predicted octanol–water partition coefficient (Wildman–Crippen LogP) is 5.91. The Bertz CT molecular complexity index is 1030. The van der Waals surface area contributed by atoms with Crippen LogP contribution in [0.15, 0.2) is 42.5 Å². The Morgan fingerprint density at radius 3 is 2.87 bits per heavy atom. The fourth-order valence-corrected chi connectivity index (χ4v) is 5.33. The zero-order valence-electron chi connectivity index (χ0n) is 17.6. The van der Waals surface area contributed by atoms with E-state index in [2.05, 4.69) is 38.1 Å². The smallest absolute Gasteiger partial charge is 0.304 e. The van der Waals surface area contributed by atoms with Crippen LogP contribution >= 0.6 is 0 Å². The molecule has 1 heterocycles.